The van der Waals surface area contributed by atoms with Crippen molar-refractivity contribution in [1.82, 2.24) is 14.9 Å². The van der Waals surface area contributed by atoms with Crippen molar-refractivity contribution in [2.45, 2.75) is 24.9 Å². The topological polar surface area (TPSA) is 49.0 Å². The summed E-state index contributed by atoms with van der Waals surface area (Å²) in [6.07, 6.45) is -4.59. The van der Waals surface area contributed by atoms with E-state index < -0.39 is 48.3 Å². The highest BCUT2D eigenvalue weighted by Crippen LogP contribution is 2.41. The van der Waals surface area contributed by atoms with Crippen molar-refractivity contribution in [3.8, 4) is 11.4 Å². The number of carbonyl (C=O) groups is 1. The number of rotatable bonds is 2. The second kappa shape index (κ2) is 5.96. The zero-order chi connectivity index (χ0) is 20.2. The molecule has 11 heteroatoms. The van der Waals surface area contributed by atoms with E-state index in [9.17, 15) is 35.5 Å². The highest BCUT2D eigenvalue weighted by molar-refractivity contribution is 5.94. The number of H-pyrrole nitrogens is 1. The molecule has 3 rings (SSSR count). The van der Waals surface area contributed by atoms with Gasteiger partial charge in [0.1, 0.15) is 11.5 Å². The largest absolute Gasteiger partial charge is 0.416 e. The number of aromatic nitrogens is 2. The third-order valence-electron chi connectivity index (χ3n) is 4.15. The number of hydrogen-bond donors (Lipinski definition) is 1. The summed E-state index contributed by atoms with van der Waals surface area (Å²) >= 11 is 0. The molecule has 1 aromatic heterocycles. The molecule has 1 amide bonds. The van der Waals surface area contributed by atoms with Crippen LogP contribution >= 0.6 is 0 Å². The van der Waals surface area contributed by atoms with Gasteiger partial charge in [0.15, 0.2) is 0 Å². The Hall–Kier alpha value is -2.59. The molecule has 1 aliphatic rings. The molecule has 0 unspecified atom stereocenters. The van der Waals surface area contributed by atoms with Crippen molar-refractivity contribution in [3.63, 3.8) is 0 Å². The number of amides is 1. The number of carbonyl (C=O) groups excluding carboxylic acids is 1. The van der Waals surface area contributed by atoms with Gasteiger partial charge in [0.25, 0.3) is 5.91 Å². The molecule has 0 atom stereocenters. The SMILES string of the molecule is Cc1[nH]c(-c2cccc(C(F)(F)F)c2)nc1C(=O)N1CC(F)(F)C(F)(F)C1. The summed E-state index contributed by atoms with van der Waals surface area (Å²) in [5.41, 5.74) is -1.29. The molecular formula is C16H12F7N3O. The number of halogens is 7. The van der Waals surface area contributed by atoms with Crippen molar-refractivity contribution in [2.75, 3.05) is 13.1 Å². The normalized spacial score (nSPS) is 18.7. The lowest BCUT2D eigenvalue weighted by molar-refractivity contribution is -0.172. The number of hydrogen-bond acceptors (Lipinski definition) is 2. The summed E-state index contributed by atoms with van der Waals surface area (Å²) in [5.74, 6) is -9.99. The van der Waals surface area contributed by atoms with E-state index in [1.165, 1.54) is 13.0 Å². The molecular weight excluding hydrogens is 383 g/mol. The van der Waals surface area contributed by atoms with Crippen LogP contribution in [0.2, 0.25) is 0 Å². The molecule has 0 aliphatic carbocycles. The number of nitrogens with zero attached hydrogens (tertiary/aromatic N) is 2. The highest BCUT2D eigenvalue weighted by atomic mass is 19.4. The summed E-state index contributed by atoms with van der Waals surface area (Å²) in [6, 6.07) is 4.09. The van der Waals surface area contributed by atoms with E-state index in [-0.39, 0.29) is 22.0 Å². The number of nitrogens with one attached hydrogen (secondary N) is 1. The van der Waals surface area contributed by atoms with Crippen LogP contribution < -0.4 is 0 Å². The molecule has 2 heterocycles. The standard InChI is InChI=1S/C16H12F7N3O/c1-8-11(13(27)26-6-14(17,18)15(19,20)7-26)25-12(24-8)9-3-2-4-10(5-9)16(21,22)23/h2-5H,6-7H2,1H3,(H,24,25). The maximum absolute atomic E-state index is 13.3. The van der Waals surface area contributed by atoms with Crippen molar-refractivity contribution in [1.29, 1.82) is 0 Å². The number of alkyl halides is 7. The van der Waals surface area contributed by atoms with Gasteiger partial charge in [-0.1, -0.05) is 12.1 Å². The van der Waals surface area contributed by atoms with Gasteiger partial charge >= 0.3 is 18.0 Å². The first kappa shape index (κ1) is 19.2. The Balaban J connectivity index is 1.91. The first-order valence-electron chi connectivity index (χ1n) is 7.61. The van der Waals surface area contributed by atoms with Gasteiger partial charge < -0.3 is 9.88 Å². The number of likely N-dealkylation sites (tertiary alicyclic amines) is 1. The second-order valence-corrected chi connectivity index (χ2v) is 6.21. The van der Waals surface area contributed by atoms with Crippen LogP contribution in [0.15, 0.2) is 24.3 Å². The van der Waals surface area contributed by atoms with E-state index in [2.05, 4.69) is 9.97 Å². The first-order valence-corrected chi connectivity index (χ1v) is 7.61. The third-order valence-corrected chi connectivity index (χ3v) is 4.15. The fraction of sp³-hybridized carbons (Fsp3) is 0.375. The van der Waals surface area contributed by atoms with Crippen LogP contribution in [-0.2, 0) is 6.18 Å². The molecule has 0 spiro atoms. The van der Waals surface area contributed by atoms with Crippen LogP contribution in [0, 0.1) is 6.92 Å². The lowest BCUT2D eigenvalue weighted by atomic mass is 10.1. The number of imidazole rings is 1. The quantitative estimate of drug-likeness (QED) is 0.778. The fourth-order valence-corrected chi connectivity index (χ4v) is 2.71. The number of aryl methyl sites for hydroxylation is 1. The van der Waals surface area contributed by atoms with Crippen molar-refractivity contribution in [3.05, 3.63) is 41.2 Å². The van der Waals surface area contributed by atoms with Gasteiger partial charge in [0.2, 0.25) is 0 Å². The Kier molecular flexibility index (Phi) is 4.23. The number of aromatic amines is 1. The second-order valence-electron chi connectivity index (χ2n) is 6.21. The summed E-state index contributed by atoms with van der Waals surface area (Å²) in [7, 11) is 0. The minimum Gasteiger partial charge on any atom is -0.341 e. The molecule has 4 nitrogen and oxygen atoms in total. The molecule has 1 aromatic carbocycles. The lowest BCUT2D eigenvalue weighted by Crippen LogP contribution is -2.38. The van der Waals surface area contributed by atoms with Crippen molar-refractivity contribution in [2.24, 2.45) is 0 Å². The molecule has 0 bridgehead atoms. The zero-order valence-corrected chi connectivity index (χ0v) is 13.7. The van der Waals surface area contributed by atoms with Gasteiger partial charge in [-0.05, 0) is 19.1 Å². The molecule has 27 heavy (non-hydrogen) atoms. The summed E-state index contributed by atoms with van der Waals surface area (Å²) in [4.78, 5) is 19.0. The molecule has 0 saturated carbocycles. The molecule has 1 N–H and O–H groups in total. The van der Waals surface area contributed by atoms with E-state index >= 15 is 0 Å². The van der Waals surface area contributed by atoms with E-state index in [4.69, 9.17) is 0 Å². The van der Waals surface area contributed by atoms with Crippen LogP contribution in [0.25, 0.3) is 11.4 Å². The maximum atomic E-state index is 13.3. The predicted octanol–water partition coefficient (Wildman–Crippen LogP) is 4.13. The molecule has 2 aromatic rings. The minimum absolute atomic E-state index is 0.00376. The third kappa shape index (κ3) is 3.37. The Morgan fingerprint density at radius 2 is 1.74 bits per heavy atom. The molecule has 1 aliphatic heterocycles. The summed E-state index contributed by atoms with van der Waals surface area (Å²) in [5, 5.41) is 0. The summed E-state index contributed by atoms with van der Waals surface area (Å²) in [6.45, 7) is -1.60. The van der Waals surface area contributed by atoms with Crippen molar-refractivity contribution >= 4 is 5.91 Å². The van der Waals surface area contributed by atoms with E-state index in [1.54, 1.807) is 0 Å². The van der Waals surface area contributed by atoms with Crippen LogP contribution in [0.3, 0.4) is 0 Å². The van der Waals surface area contributed by atoms with Crippen LogP contribution in [-0.4, -0.2) is 45.7 Å². The first-order chi connectivity index (χ1) is 12.3. The Morgan fingerprint density at radius 1 is 1.15 bits per heavy atom. The Labute approximate surface area is 148 Å². The molecule has 0 radical (unpaired) electrons. The highest BCUT2D eigenvalue weighted by Gasteiger charge is 2.64. The average molecular weight is 395 g/mol. The monoisotopic (exact) mass is 395 g/mol. The lowest BCUT2D eigenvalue weighted by Gasteiger charge is -2.14. The molecule has 1 fully saturated rings. The van der Waals surface area contributed by atoms with Gasteiger partial charge in [0, 0.05) is 11.3 Å². The minimum atomic E-state index is -4.59. The van der Waals surface area contributed by atoms with Gasteiger partial charge in [-0.25, -0.2) is 4.98 Å². The molecule has 146 valence electrons. The van der Waals surface area contributed by atoms with Crippen LogP contribution in [0.4, 0.5) is 30.7 Å². The van der Waals surface area contributed by atoms with Gasteiger partial charge in [-0.2, -0.15) is 30.7 Å². The molecule has 1 saturated heterocycles. The predicted molar refractivity (Wildman–Crippen MR) is 79.6 cm³/mol. The van der Waals surface area contributed by atoms with Gasteiger partial charge in [-0.15, -0.1) is 0 Å². The van der Waals surface area contributed by atoms with E-state index in [0.717, 1.165) is 18.2 Å². The van der Waals surface area contributed by atoms with E-state index in [0.29, 0.717) is 0 Å². The van der Waals surface area contributed by atoms with Crippen LogP contribution in [0.5, 0.6) is 0 Å². The zero-order valence-electron chi connectivity index (χ0n) is 13.7. The fourth-order valence-electron chi connectivity index (χ4n) is 2.71. The Morgan fingerprint density at radius 3 is 2.30 bits per heavy atom. The maximum Gasteiger partial charge on any atom is 0.416 e. The van der Waals surface area contributed by atoms with E-state index in [1.807, 2.05) is 0 Å². The smallest absolute Gasteiger partial charge is 0.341 e. The van der Waals surface area contributed by atoms with Crippen LogP contribution in [0.1, 0.15) is 21.7 Å². The van der Waals surface area contributed by atoms with Gasteiger partial charge in [-0.3, -0.25) is 4.79 Å². The van der Waals surface area contributed by atoms with Crippen molar-refractivity contribution < 1.29 is 35.5 Å². The summed E-state index contributed by atoms with van der Waals surface area (Å²) < 4.78 is 91.6. The average Bonchev–Trinajstić information content (AvgIpc) is 3.03. The number of benzene rings is 1. The Bertz CT molecular complexity index is 872. The van der Waals surface area contributed by atoms with Gasteiger partial charge in [0.05, 0.1) is 18.7 Å².